The molecule has 0 saturated heterocycles. The first-order chi connectivity index (χ1) is 8.97. The summed E-state index contributed by atoms with van der Waals surface area (Å²) in [4.78, 5) is 29.3. The quantitative estimate of drug-likeness (QED) is 0.818. The first-order valence-electron chi connectivity index (χ1n) is 6.24. The van der Waals surface area contributed by atoms with E-state index in [-0.39, 0.29) is 18.4 Å². The van der Waals surface area contributed by atoms with E-state index in [1.807, 2.05) is 0 Å². The van der Waals surface area contributed by atoms with Gasteiger partial charge in [0.2, 0.25) is 5.91 Å². The molecule has 1 aromatic heterocycles. The Kier molecular flexibility index (Phi) is 3.69. The third kappa shape index (κ3) is 3.43. The number of amides is 2. The maximum absolute atomic E-state index is 12.2. The van der Waals surface area contributed by atoms with Crippen molar-refractivity contribution in [3.63, 3.8) is 0 Å². The number of nitrogen functional groups attached to an aromatic ring is 1. The lowest BCUT2D eigenvalue weighted by atomic mass is 10.1. The molecule has 1 aromatic rings. The largest absolute Gasteiger partial charge is 0.397 e. The van der Waals surface area contributed by atoms with E-state index in [1.54, 1.807) is 20.0 Å². The molecule has 3 N–H and O–H groups in total. The van der Waals surface area contributed by atoms with Gasteiger partial charge in [0.15, 0.2) is 0 Å². The highest BCUT2D eigenvalue weighted by atomic mass is 16.2. The van der Waals surface area contributed by atoms with Gasteiger partial charge in [0, 0.05) is 13.1 Å². The van der Waals surface area contributed by atoms with Gasteiger partial charge < -0.3 is 16.0 Å². The third-order valence-electron chi connectivity index (χ3n) is 3.01. The van der Waals surface area contributed by atoms with E-state index >= 15 is 0 Å². The van der Waals surface area contributed by atoms with Crippen LogP contribution in [0.2, 0.25) is 0 Å². The Morgan fingerprint density at radius 3 is 2.84 bits per heavy atom. The van der Waals surface area contributed by atoms with E-state index < -0.39 is 0 Å². The predicted octanol–water partition coefficient (Wildman–Crippen LogP) is 0.323. The molecule has 19 heavy (non-hydrogen) atoms. The molecule has 1 saturated carbocycles. The number of rotatable bonds is 4. The zero-order chi connectivity index (χ0) is 14.0. The molecule has 0 unspecified atom stereocenters. The van der Waals surface area contributed by atoms with Crippen LogP contribution in [-0.4, -0.2) is 41.3 Å². The van der Waals surface area contributed by atoms with Crippen molar-refractivity contribution < 1.29 is 9.59 Å². The Morgan fingerprint density at radius 2 is 2.21 bits per heavy atom. The summed E-state index contributed by atoms with van der Waals surface area (Å²) in [5.74, 6) is -0.379. The molecule has 0 spiro atoms. The van der Waals surface area contributed by atoms with E-state index in [1.165, 1.54) is 11.1 Å². The number of nitrogens with one attached hydrogen (secondary N) is 1. The van der Waals surface area contributed by atoms with Crippen LogP contribution in [0.3, 0.4) is 0 Å². The summed E-state index contributed by atoms with van der Waals surface area (Å²) in [5.41, 5.74) is 7.10. The summed E-state index contributed by atoms with van der Waals surface area (Å²) in [6, 6.07) is 1.88. The molecule has 0 aromatic carbocycles. The van der Waals surface area contributed by atoms with Crippen LogP contribution in [0.25, 0.3) is 0 Å². The van der Waals surface area contributed by atoms with Crippen LogP contribution in [0.4, 0.5) is 5.69 Å². The number of carbonyl (C=O) groups is 2. The molecule has 1 fully saturated rings. The number of aryl methyl sites for hydroxylation is 1. The molecule has 1 aliphatic carbocycles. The van der Waals surface area contributed by atoms with Crippen molar-refractivity contribution in [1.82, 2.24) is 15.2 Å². The van der Waals surface area contributed by atoms with E-state index in [2.05, 4.69) is 10.3 Å². The van der Waals surface area contributed by atoms with Crippen LogP contribution in [0.5, 0.6) is 0 Å². The lowest BCUT2D eigenvalue weighted by Gasteiger charge is -2.17. The molecule has 6 nitrogen and oxygen atoms in total. The molecular weight excluding hydrogens is 244 g/mol. The normalized spacial score (nSPS) is 14.0. The lowest BCUT2D eigenvalue weighted by Crippen LogP contribution is -2.39. The summed E-state index contributed by atoms with van der Waals surface area (Å²) in [5, 5.41) is 2.84. The number of likely N-dealkylation sites (N-methyl/N-ethyl adjacent to an activating group) is 1. The summed E-state index contributed by atoms with van der Waals surface area (Å²) in [6.45, 7) is 1.79. The molecule has 2 amide bonds. The zero-order valence-corrected chi connectivity index (χ0v) is 11.1. The summed E-state index contributed by atoms with van der Waals surface area (Å²) >= 11 is 0. The van der Waals surface area contributed by atoms with Crippen LogP contribution in [0.15, 0.2) is 12.3 Å². The monoisotopic (exact) mass is 262 g/mol. The fourth-order valence-corrected chi connectivity index (χ4v) is 1.76. The molecule has 1 aliphatic rings. The smallest absolute Gasteiger partial charge is 0.255 e. The second kappa shape index (κ2) is 5.26. The van der Waals surface area contributed by atoms with E-state index in [0.29, 0.717) is 23.0 Å². The topological polar surface area (TPSA) is 88.3 Å². The van der Waals surface area contributed by atoms with Crippen LogP contribution in [0, 0.1) is 6.92 Å². The Labute approximate surface area is 112 Å². The molecule has 2 rings (SSSR count). The van der Waals surface area contributed by atoms with Gasteiger partial charge in [-0.25, -0.2) is 0 Å². The number of hydrogen-bond donors (Lipinski definition) is 2. The van der Waals surface area contributed by atoms with Gasteiger partial charge in [0.25, 0.3) is 5.91 Å². The van der Waals surface area contributed by atoms with Gasteiger partial charge in [0.05, 0.1) is 29.7 Å². The lowest BCUT2D eigenvalue weighted by molar-refractivity contribution is -0.121. The average molecular weight is 262 g/mol. The van der Waals surface area contributed by atoms with Crippen molar-refractivity contribution in [2.45, 2.75) is 25.8 Å². The van der Waals surface area contributed by atoms with Gasteiger partial charge in [-0.15, -0.1) is 0 Å². The molecule has 0 atom stereocenters. The fourth-order valence-electron chi connectivity index (χ4n) is 1.76. The minimum Gasteiger partial charge on any atom is -0.397 e. The van der Waals surface area contributed by atoms with Gasteiger partial charge in [0.1, 0.15) is 0 Å². The van der Waals surface area contributed by atoms with Crippen molar-refractivity contribution in [2.75, 3.05) is 19.3 Å². The molecule has 0 aliphatic heterocycles. The molecule has 6 heteroatoms. The second-order valence-corrected chi connectivity index (χ2v) is 4.90. The Hall–Kier alpha value is -2.11. The van der Waals surface area contributed by atoms with Crippen molar-refractivity contribution in [3.8, 4) is 0 Å². The number of anilines is 1. The highest BCUT2D eigenvalue weighted by Crippen LogP contribution is 2.18. The van der Waals surface area contributed by atoms with E-state index in [9.17, 15) is 9.59 Å². The van der Waals surface area contributed by atoms with Crippen LogP contribution in [-0.2, 0) is 4.79 Å². The molecule has 0 radical (unpaired) electrons. The van der Waals surface area contributed by atoms with Crippen molar-refractivity contribution in [3.05, 3.63) is 23.5 Å². The van der Waals surface area contributed by atoms with Crippen LogP contribution < -0.4 is 11.1 Å². The number of nitrogens with two attached hydrogens (primary N) is 1. The van der Waals surface area contributed by atoms with Gasteiger partial charge in [-0.05, 0) is 25.8 Å². The predicted molar refractivity (Wildman–Crippen MR) is 71.5 cm³/mol. The van der Waals surface area contributed by atoms with Crippen LogP contribution >= 0.6 is 0 Å². The Balaban J connectivity index is 2.01. The zero-order valence-electron chi connectivity index (χ0n) is 11.1. The first kappa shape index (κ1) is 13.3. The summed E-state index contributed by atoms with van der Waals surface area (Å²) in [7, 11) is 1.59. The van der Waals surface area contributed by atoms with Gasteiger partial charge >= 0.3 is 0 Å². The molecule has 0 bridgehead atoms. The third-order valence-corrected chi connectivity index (χ3v) is 3.01. The number of hydrogen-bond acceptors (Lipinski definition) is 4. The standard InChI is InChI=1S/C13H18N4O2/c1-8-11(5-9(14)6-15-8)13(19)17(2)7-12(18)16-10-3-4-10/h5-6,10H,3-4,7,14H2,1-2H3,(H,16,18). The first-order valence-corrected chi connectivity index (χ1v) is 6.24. The Morgan fingerprint density at radius 1 is 1.53 bits per heavy atom. The van der Waals surface area contributed by atoms with Gasteiger partial charge in [-0.2, -0.15) is 0 Å². The highest BCUT2D eigenvalue weighted by Gasteiger charge is 2.25. The number of pyridine rings is 1. The second-order valence-electron chi connectivity index (χ2n) is 4.90. The molecule has 1 heterocycles. The van der Waals surface area contributed by atoms with Crippen molar-refractivity contribution >= 4 is 17.5 Å². The maximum atomic E-state index is 12.2. The Bertz CT molecular complexity index is 511. The highest BCUT2D eigenvalue weighted by molar-refractivity contribution is 5.97. The average Bonchev–Trinajstić information content (AvgIpc) is 3.15. The summed E-state index contributed by atoms with van der Waals surface area (Å²) in [6.07, 6.45) is 3.56. The van der Waals surface area contributed by atoms with E-state index in [4.69, 9.17) is 5.73 Å². The number of aromatic nitrogens is 1. The minimum absolute atomic E-state index is 0.0452. The number of nitrogens with zero attached hydrogens (tertiary/aromatic N) is 2. The van der Waals surface area contributed by atoms with Crippen molar-refractivity contribution in [2.24, 2.45) is 0 Å². The number of carbonyl (C=O) groups excluding carboxylic acids is 2. The van der Waals surface area contributed by atoms with Crippen LogP contribution in [0.1, 0.15) is 28.9 Å². The molecule has 102 valence electrons. The maximum Gasteiger partial charge on any atom is 0.255 e. The molecular formula is C13H18N4O2. The van der Waals surface area contributed by atoms with Gasteiger partial charge in [-0.3, -0.25) is 14.6 Å². The minimum atomic E-state index is -0.247. The summed E-state index contributed by atoms with van der Waals surface area (Å²) < 4.78 is 0. The SMILES string of the molecule is Cc1ncc(N)cc1C(=O)N(C)CC(=O)NC1CC1. The van der Waals surface area contributed by atoms with Gasteiger partial charge in [-0.1, -0.05) is 0 Å². The van der Waals surface area contributed by atoms with Crippen molar-refractivity contribution in [1.29, 1.82) is 0 Å². The van der Waals surface area contributed by atoms with E-state index in [0.717, 1.165) is 12.8 Å². The fraction of sp³-hybridized carbons (Fsp3) is 0.462.